The van der Waals surface area contributed by atoms with Crippen molar-refractivity contribution in [2.75, 3.05) is 7.05 Å². The number of carbonyl (C=O) groups is 1. The number of hydrogen-bond acceptors (Lipinski definition) is 2. The predicted molar refractivity (Wildman–Crippen MR) is 83.6 cm³/mol. The minimum Gasteiger partial charge on any atom is -0.342 e. The van der Waals surface area contributed by atoms with Gasteiger partial charge in [0.1, 0.15) is 0 Å². The van der Waals surface area contributed by atoms with Gasteiger partial charge in [-0.3, -0.25) is 4.79 Å². The fraction of sp³-hybridized carbons (Fsp3) is 0.562. The van der Waals surface area contributed by atoms with Gasteiger partial charge in [0.05, 0.1) is 6.42 Å². The Hall–Kier alpha value is -0.870. The number of likely N-dealkylation sites (N-methyl/N-ethyl adjacent to an activating group) is 1. The Kier molecular flexibility index (Phi) is 4.13. The number of nitrogens with zero attached hydrogens (tertiary/aromatic N) is 1. The summed E-state index contributed by atoms with van der Waals surface area (Å²) in [7, 11) is 1.97. The van der Waals surface area contributed by atoms with Crippen molar-refractivity contribution in [1.29, 1.82) is 0 Å². The summed E-state index contributed by atoms with van der Waals surface area (Å²) in [4.78, 5) is 14.5. The van der Waals surface area contributed by atoms with E-state index < -0.39 is 0 Å². The number of rotatable bonds is 3. The van der Waals surface area contributed by atoms with Crippen LogP contribution < -0.4 is 5.32 Å². The third kappa shape index (κ3) is 2.91. The Morgan fingerprint density at radius 1 is 1.30 bits per heavy atom. The summed E-state index contributed by atoms with van der Waals surface area (Å²) in [5.74, 6) is 0.225. The molecule has 0 radical (unpaired) electrons. The van der Waals surface area contributed by atoms with Gasteiger partial charge in [-0.25, -0.2) is 0 Å². The first-order valence-electron chi connectivity index (χ1n) is 7.38. The number of benzene rings is 1. The molecule has 2 atom stereocenters. The Balaban J connectivity index is 1.63. The van der Waals surface area contributed by atoms with E-state index in [9.17, 15) is 4.79 Å². The van der Waals surface area contributed by atoms with Crippen molar-refractivity contribution in [3.63, 3.8) is 0 Å². The van der Waals surface area contributed by atoms with Gasteiger partial charge in [0.2, 0.25) is 5.91 Å². The van der Waals surface area contributed by atoms with Crippen LogP contribution in [0.5, 0.6) is 0 Å². The zero-order chi connectivity index (χ0) is 14.1. The molecule has 20 heavy (non-hydrogen) atoms. The summed E-state index contributed by atoms with van der Waals surface area (Å²) in [5, 5.41) is 3.63. The van der Waals surface area contributed by atoms with E-state index in [0.717, 1.165) is 22.9 Å². The topological polar surface area (TPSA) is 32.3 Å². The zero-order valence-electron chi connectivity index (χ0n) is 11.8. The molecule has 2 heterocycles. The molecule has 2 bridgehead atoms. The molecule has 3 rings (SSSR count). The van der Waals surface area contributed by atoms with Gasteiger partial charge in [0, 0.05) is 29.6 Å². The van der Waals surface area contributed by atoms with E-state index in [1.807, 2.05) is 36.2 Å². The first-order chi connectivity index (χ1) is 9.63. The summed E-state index contributed by atoms with van der Waals surface area (Å²) < 4.78 is 1.02. The van der Waals surface area contributed by atoms with Crippen LogP contribution in [-0.2, 0) is 11.2 Å². The summed E-state index contributed by atoms with van der Waals surface area (Å²) >= 11 is 3.52. The van der Waals surface area contributed by atoms with Crippen LogP contribution in [0.1, 0.15) is 31.2 Å². The third-order valence-corrected chi connectivity index (χ3v) is 5.46. The van der Waals surface area contributed by atoms with Gasteiger partial charge in [0.25, 0.3) is 0 Å². The van der Waals surface area contributed by atoms with E-state index in [0.29, 0.717) is 24.5 Å². The highest BCUT2D eigenvalue weighted by Crippen LogP contribution is 2.29. The molecular formula is C16H21BrN2O. The second kappa shape index (κ2) is 5.86. The lowest BCUT2D eigenvalue weighted by molar-refractivity contribution is -0.131. The van der Waals surface area contributed by atoms with Crippen molar-refractivity contribution in [3.05, 3.63) is 34.3 Å². The lowest BCUT2D eigenvalue weighted by Crippen LogP contribution is -2.49. The second-order valence-corrected chi connectivity index (χ2v) is 6.89. The van der Waals surface area contributed by atoms with Crippen molar-refractivity contribution < 1.29 is 4.79 Å². The summed E-state index contributed by atoms with van der Waals surface area (Å²) in [5.41, 5.74) is 1.07. The number of halogens is 1. The van der Waals surface area contributed by atoms with Crippen molar-refractivity contribution >= 4 is 21.8 Å². The van der Waals surface area contributed by atoms with Crippen molar-refractivity contribution in [3.8, 4) is 0 Å². The molecule has 108 valence electrons. The van der Waals surface area contributed by atoms with Gasteiger partial charge >= 0.3 is 0 Å². The largest absolute Gasteiger partial charge is 0.342 e. The van der Waals surface area contributed by atoms with Crippen LogP contribution in [0.25, 0.3) is 0 Å². The first-order valence-corrected chi connectivity index (χ1v) is 8.18. The maximum Gasteiger partial charge on any atom is 0.227 e. The standard InChI is InChI=1S/C16H21BrN2O/c1-19(14-9-12-6-7-13(10-14)18-12)16(20)8-11-4-2-3-5-15(11)17/h2-5,12-14,18H,6-10H2,1H3/t12-,13-/m0/s1. The zero-order valence-corrected chi connectivity index (χ0v) is 13.4. The molecule has 1 aromatic carbocycles. The smallest absolute Gasteiger partial charge is 0.227 e. The number of amides is 1. The predicted octanol–water partition coefficient (Wildman–Crippen LogP) is 2.73. The van der Waals surface area contributed by atoms with Crippen LogP contribution in [0.2, 0.25) is 0 Å². The van der Waals surface area contributed by atoms with Crippen molar-refractivity contribution in [1.82, 2.24) is 10.2 Å². The Bertz CT molecular complexity index is 493. The number of carbonyl (C=O) groups excluding carboxylic acids is 1. The number of nitrogens with one attached hydrogen (secondary N) is 1. The van der Waals surface area contributed by atoms with E-state index in [4.69, 9.17) is 0 Å². The molecule has 0 saturated carbocycles. The molecule has 1 aromatic rings. The van der Waals surface area contributed by atoms with Crippen LogP contribution in [0.4, 0.5) is 0 Å². The molecule has 2 fully saturated rings. The lowest BCUT2D eigenvalue weighted by atomic mass is 9.98. The molecule has 2 aliphatic rings. The Morgan fingerprint density at radius 3 is 2.60 bits per heavy atom. The second-order valence-electron chi connectivity index (χ2n) is 6.04. The average molecular weight is 337 g/mol. The molecule has 4 heteroatoms. The highest BCUT2D eigenvalue weighted by Gasteiger charge is 2.36. The Labute approximate surface area is 128 Å². The number of fused-ring (bicyclic) bond motifs is 2. The average Bonchev–Trinajstić information content (AvgIpc) is 2.79. The molecule has 2 saturated heterocycles. The molecule has 0 unspecified atom stereocenters. The normalized spacial score (nSPS) is 28.4. The number of piperidine rings is 1. The summed E-state index contributed by atoms with van der Waals surface area (Å²) in [6, 6.07) is 9.62. The molecular weight excluding hydrogens is 316 g/mol. The monoisotopic (exact) mass is 336 g/mol. The fourth-order valence-corrected chi connectivity index (χ4v) is 3.90. The molecule has 0 aliphatic carbocycles. The van der Waals surface area contributed by atoms with Crippen molar-refractivity contribution in [2.24, 2.45) is 0 Å². The highest BCUT2D eigenvalue weighted by atomic mass is 79.9. The van der Waals surface area contributed by atoms with E-state index >= 15 is 0 Å². The van der Waals surface area contributed by atoms with E-state index in [2.05, 4.69) is 21.2 Å². The molecule has 1 amide bonds. The van der Waals surface area contributed by atoms with Gasteiger partial charge in [0.15, 0.2) is 0 Å². The SMILES string of the molecule is CN(C(=O)Cc1ccccc1Br)C1C[C@@H]2CC[C@@H](C1)N2. The maximum absolute atomic E-state index is 12.5. The lowest BCUT2D eigenvalue weighted by Gasteiger charge is -2.35. The van der Waals surface area contributed by atoms with Crippen LogP contribution >= 0.6 is 15.9 Å². The summed E-state index contributed by atoms with van der Waals surface area (Å²) in [6.45, 7) is 0. The minimum atomic E-state index is 0.225. The summed E-state index contributed by atoms with van der Waals surface area (Å²) in [6.07, 6.45) is 5.24. The van der Waals surface area contributed by atoms with Gasteiger partial charge < -0.3 is 10.2 Å². The first kappa shape index (κ1) is 14.1. The van der Waals surface area contributed by atoms with Gasteiger partial charge in [-0.2, -0.15) is 0 Å². The van der Waals surface area contributed by atoms with Crippen molar-refractivity contribution in [2.45, 2.75) is 50.2 Å². The van der Waals surface area contributed by atoms with Crippen LogP contribution in [0.15, 0.2) is 28.7 Å². The molecule has 3 nitrogen and oxygen atoms in total. The van der Waals surface area contributed by atoms with Gasteiger partial charge in [-0.05, 0) is 37.3 Å². The third-order valence-electron chi connectivity index (χ3n) is 4.69. The Morgan fingerprint density at radius 2 is 1.95 bits per heavy atom. The molecule has 2 aliphatic heterocycles. The maximum atomic E-state index is 12.5. The van der Waals surface area contributed by atoms with E-state index in [1.54, 1.807) is 0 Å². The van der Waals surface area contributed by atoms with Gasteiger partial charge in [-0.1, -0.05) is 34.1 Å². The number of hydrogen-bond donors (Lipinski definition) is 1. The van der Waals surface area contributed by atoms with Crippen LogP contribution in [0.3, 0.4) is 0 Å². The minimum absolute atomic E-state index is 0.225. The van der Waals surface area contributed by atoms with E-state index in [-0.39, 0.29) is 5.91 Å². The van der Waals surface area contributed by atoms with Gasteiger partial charge in [-0.15, -0.1) is 0 Å². The quantitative estimate of drug-likeness (QED) is 0.920. The highest BCUT2D eigenvalue weighted by molar-refractivity contribution is 9.10. The van der Waals surface area contributed by atoms with E-state index in [1.165, 1.54) is 12.8 Å². The van der Waals surface area contributed by atoms with Crippen LogP contribution in [0, 0.1) is 0 Å². The molecule has 0 aromatic heterocycles. The molecule has 1 N–H and O–H groups in total. The fourth-order valence-electron chi connectivity index (χ4n) is 3.48. The van der Waals surface area contributed by atoms with Crippen LogP contribution in [-0.4, -0.2) is 36.0 Å². The molecule has 0 spiro atoms.